The molecule has 1 atom stereocenters. The number of H-pyrrole nitrogens is 2. The number of rotatable bonds is 3. The maximum Gasteiger partial charge on any atom is 0.123 e. The van der Waals surface area contributed by atoms with Gasteiger partial charge < -0.3 is 14.4 Å². The molecule has 0 fully saturated rings. The van der Waals surface area contributed by atoms with Gasteiger partial charge in [-0.15, -0.1) is 0 Å². The van der Waals surface area contributed by atoms with Crippen LogP contribution in [0.25, 0.3) is 10.9 Å². The highest BCUT2D eigenvalue weighted by Crippen LogP contribution is 2.37. The fourth-order valence-corrected chi connectivity index (χ4v) is 4.01. The molecule has 4 heterocycles. The van der Waals surface area contributed by atoms with Gasteiger partial charge in [-0.1, -0.05) is 0 Å². The molecule has 5 nitrogen and oxygen atoms in total. The molecule has 26 heavy (non-hydrogen) atoms. The number of fused-ring (bicyclic) bond motifs is 2. The summed E-state index contributed by atoms with van der Waals surface area (Å²) in [6, 6.07) is 8.76. The Bertz CT molecular complexity index is 1060. The molecule has 4 aromatic rings. The fourth-order valence-electron chi connectivity index (χ4n) is 4.01. The molecule has 1 aliphatic heterocycles. The summed E-state index contributed by atoms with van der Waals surface area (Å²) in [5.74, 6) is 0.705. The third kappa shape index (κ3) is 2.37. The molecule has 3 aromatic heterocycles. The monoisotopic (exact) mass is 350 g/mol. The summed E-state index contributed by atoms with van der Waals surface area (Å²) >= 11 is 0. The summed E-state index contributed by atoms with van der Waals surface area (Å²) in [6.45, 7) is 3.64. The van der Waals surface area contributed by atoms with Gasteiger partial charge in [0.15, 0.2) is 0 Å². The maximum atomic E-state index is 13.7. The van der Waals surface area contributed by atoms with E-state index in [1.165, 1.54) is 6.07 Å². The minimum Gasteiger partial charge on any atom is -0.468 e. The van der Waals surface area contributed by atoms with Gasteiger partial charge >= 0.3 is 0 Å². The molecular formula is C20H19FN4O. The predicted molar refractivity (Wildman–Crippen MR) is 96.2 cm³/mol. The Morgan fingerprint density at radius 2 is 2.27 bits per heavy atom. The van der Waals surface area contributed by atoms with Crippen molar-refractivity contribution >= 4 is 10.9 Å². The minimum absolute atomic E-state index is 0.0226. The number of aromatic nitrogens is 3. The van der Waals surface area contributed by atoms with Crippen LogP contribution < -0.4 is 0 Å². The number of benzene rings is 1. The van der Waals surface area contributed by atoms with Crippen molar-refractivity contribution in [2.24, 2.45) is 0 Å². The van der Waals surface area contributed by atoms with Crippen LogP contribution >= 0.6 is 0 Å². The van der Waals surface area contributed by atoms with Crippen LogP contribution in [0.2, 0.25) is 0 Å². The lowest BCUT2D eigenvalue weighted by Gasteiger charge is -2.34. The zero-order chi connectivity index (χ0) is 17.7. The Morgan fingerprint density at radius 3 is 3.12 bits per heavy atom. The highest BCUT2D eigenvalue weighted by atomic mass is 19.1. The summed E-state index contributed by atoms with van der Waals surface area (Å²) in [5, 5.41) is 0.917. The van der Waals surface area contributed by atoms with Crippen molar-refractivity contribution < 1.29 is 8.81 Å². The van der Waals surface area contributed by atoms with E-state index in [9.17, 15) is 4.39 Å². The predicted octanol–water partition coefficient (Wildman–Crippen LogP) is 4.08. The molecule has 6 heteroatoms. The van der Waals surface area contributed by atoms with Crippen LogP contribution in [0.15, 0.2) is 47.3 Å². The van der Waals surface area contributed by atoms with E-state index in [1.807, 2.05) is 19.1 Å². The Labute approximate surface area is 149 Å². The number of nitrogens with one attached hydrogen (secondary N) is 2. The van der Waals surface area contributed by atoms with Crippen LogP contribution in [0, 0.1) is 12.7 Å². The van der Waals surface area contributed by atoms with E-state index in [2.05, 4.69) is 19.9 Å². The average Bonchev–Trinajstić information content (AvgIpc) is 3.36. The first-order valence-electron chi connectivity index (χ1n) is 8.77. The number of furan rings is 1. The van der Waals surface area contributed by atoms with E-state index in [4.69, 9.17) is 4.42 Å². The van der Waals surface area contributed by atoms with Gasteiger partial charge in [0.05, 0.1) is 30.9 Å². The van der Waals surface area contributed by atoms with E-state index >= 15 is 0 Å². The smallest absolute Gasteiger partial charge is 0.123 e. The Balaban J connectivity index is 1.64. The van der Waals surface area contributed by atoms with Crippen LogP contribution in [0.3, 0.4) is 0 Å². The van der Waals surface area contributed by atoms with Gasteiger partial charge in [-0.25, -0.2) is 9.37 Å². The molecule has 0 unspecified atom stereocenters. The van der Waals surface area contributed by atoms with Gasteiger partial charge in [-0.3, -0.25) is 4.90 Å². The number of hydrogen-bond donors (Lipinski definition) is 2. The second kappa shape index (κ2) is 5.85. The van der Waals surface area contributed by atoms with Gasteiger partial charge in [0.25, 0.3) is 0 Å². The molecule has 0 saturated heterocycles. The first-order chi connectivity index (χ1) is 12.7. The normalized spacial score (nSPS) is 17.7. The minimum atomic E-state index is -0.220. The van der Waals surface area contributed by atoms with E-state index < -0.39 is 0 Å². The van der Waals surface area contributed by atoms with Crippen molar-refractivity contribution in [3.63, 3.8) is 0 Å². The third-order valence-corrected chi connectivity index (χ3v) is 5.30. The van der Waals surface area contributed by atoms with Crippen molar-refractivity contribution in [1.29, 1.82) is 0 Å². The highest BCUT2D eigenvalue weighted by molar-refractivity contribution is 5.84. The summed E-state index contributed by atoms with van der Waals surface area (Å²) in [7, 11) is 0. The Kier molecular flexibility index (Phi) is 3.46. The van der Waals surface area contributed by atoms with Gasteiger partial charge in [-0.05, 0) is 42.8 Å². The number of halogens is 1. The quantitative estimate of drug-likeness (QED) is 0.585. The lowest BCUT2D eigenvalue weighted by atomic mass is 9.97. The molecule has 132 valence electrons. The van der Waals surface area contributed by atoms with E-state index in [0.29, 0.717) is 6.54 Å². The van der Waals surface area contributed by atoms with E-state index in [-0.39, 0.29) is 11.9 Å². The number of aromatic amines is 2. The number of aryl methyl sites for hydroxylation is 1. The van der Waals surface area contributed by atoms with Gasteiger partial charge in [0.1, 0.15) is 11.6 Å². The van der Waals surface area contributed by atoms with E-state index in [0.717, 1.165) is 52.3 Å². The number of nitrogens with zero attached hydrogens (tertiary/aromatic N) is 2. The van der Waals surface area contributed by atoms with Crippen molar-refractivity contribution in [2.45, 2.75) is 25.9 Å². The summed E-state index contributed by atoms with van der Waals surface area (Å²) < 4.78 is 19.3. The number of imidazole rings is 1. The van der Waals surface area contributed by atoms with Gasteiger partial charge in [-0.2, -0.15) is 0 Å². The molecule has 1 aromatic carbocycles. The third-order valence-electron chi connectivity index (χ3n) is 5.30. The van der Waals surface area contributed by atoms with Crippen LogP contribution in [-0.4, -0.2) is 26.4 Å². The molecule has 0 saturated carbocycles. The lowest BCUT2D eigenvalue weighted by molar-refractivity contribution is 0.182. The van der Waals surface area contributed by atoms with Crippen LogP contribution in [0.1, 0.15) is 34.4 Å². The highest BCUT2D eigenvalue weighted by Gasteiger charge is 2.33. The van der Waals surface area contributed by atoms with Crippen molar-refractivity contribution in [3.05, 3.63) is 77.1 Å². The maximum absolute atomic E-state index is 13.7. The summed E-state index contributed by atoms with van der Waals surface area (Å²) in [6.07, 6.45) is 4.37. The van der Waals surface area contributed by atoms with E-state index in [1.54, 1.807) is 24.7 Å². The number of hydrogen-bond acceptors (Lipinski definition) is 3. The van der Waals surface area contributed by atoms with Crippen LogP contribution in [0.5, 0.6) is 0 Å². The molecule has 0 aliphatic carbocycles. The van der Waals surface area contributed by atoms with Crippen molar-refractivity contribution in [1.82, 2.24) is 19.9 Å². The molecule has 2 N–H and O–H groups in total. The molecule has 0 spiro atoms. The molecule has 0 bridgehead atoms. The standard InChI is InChI=1S/C20H19FN4O/c1-12-15-9-13(21)4-5-16(15)24-18(12)20-19-17(22-11-23-19)6-7-25(20)10-14-3-2-8-26-14/h2-5,8-9,11,20,24H,6-7,10H2,1H3,(H,22,23)/t20-/m1/s1. The SMILES string of the molecule is Cc1c([C@@H]2c3nc[nH]c3CCN2Cc2ccco2)[nH]c2ccc(F)cc12. The Morgan fingerprint density at radius 1 is 1.35 bits per heavy atom. The molecule has 5 rings (SSSR count). The van der Waals surface area contributed by atoms with Crippen LogP contribution in [-0.2, 0) is 13.0 Å². The molecule has 1 aliphatic rings. The summed E-state index contributed by atoms with van der Waals surface area (Å²) in [5.41, 5.74) is 5.25. The van der Waals surface area contributed by atoms with Crippen molar-refractivity contribution in [3.8, 4) is 0 Å². The lowest BCUT2D eigenvalue weighted by Crippen LogP contribution is -2.36. The molecule has 0 amide bonds. The van der Waals surface area contributed by atoms with Gasteiger partial charge in [0, 0.05) is 35.3 Å². The zero-order valence-corrected chi connectivity index (χ0v) is 14.4. The van der Waals surface area contributed by atoms with Crippen molar-refractivity contribution in [2.75, 3.05) is 6.54 Å². The second-order valence-electron chi connectivity index (χ2n) is 6.82. The average molecular weight is 350 g/mol. The first kappa shape index (κ1) is 15.4. The topological polar surface area (TPSA) is 60.9 Å². The largest absolute Gasteiger partial charge is 0.468 e. The van der Waals surface area contributed by atoms with Gasteiger partial charge in [0.2, 0.25) is 0 Å². The molecular weight excluding hydrogens is 331 g/mol. The zero-order valence-electron chi connectivity index (χ0n) is 14.4. The van der Waals surface area contributed by atoms with Crippen LogP contribution in [0.4, 0.5) is 4.39 Å². The summed E-state index contributed by atoms with van der Waals surface area (Å²) in [4.78, 5) is 13.7. The molecule has 0 radical (unpaired) electrons. The first-order valence-corrected chi connectivity index (χ1v) is 8.77. The fraction of sp³-hybridized carbons (Fsp3) is 0.250. The Hall–Kier alpha value is -2.86. The second-order valence-corrected chi connectivity index (χ2v) is 6.82.